The van der Waals surface area contributed by atoms with Crippen molar-refractivity contribution in [2.75, 3.05) is 14.1 Å². The lowest BCUT2D eigenvalue weighted by Gasteiger charge is -2.23. The van der Waals surface area contributed by atoms with Gasteiger partial charge in [-0.15, -0.1) is 0 Å². The highest BCUT2D eigenvalue weighted by atomic mass is 16.2. The van der Waals surface area contributed by atoms with Crippen molar-refractivity contribution in [1.82, 2.24) is 10.4 Å². The van der Waals surface area contributed by atoms with E-state index in [4.69, 9.17) is 5.73 Å². The van der Waals surface area contributed by atoms with Crippen molar-refractivity contribution in [3.8, 4) is 0 Å². The third-order valence-electron chi connectivity index (χ3n) is 1.58. The van der Waals surface area contributed by atoms with Gasteiger partial charge in [-0.05, 0) is 13.3 Å². The van der Waals surface area contributed by atoms with E-state index < -0.39 is 5.54 Å². The van der Waals surface area contributed by atoms with Crippen LogP contribution in [-0.4, -0.2) is 30.6 Å². The summed E-state index contributed by atoms with van der Waals surface area (Å²) in [6.45, 7) is 3.60. The number of amides is 1. The number of hydrogen-bond acceptors (Lipinski definition) is 3. The molecule has 0 bridgehead atoms. The molecule has 1 amide bonds. The Balaban J connectivity index is 4.02. The van der Waals surface area contributed by atoms with E-state index in [1.54, 1.807) is 26.0 Å². The van der Waals surface area contributed by atoms with Gasteiger partial charge in [-0.3, -0.25) is 10.2 Å². The average molecular weight is 159 g/mol. The van der Waals surface area contributed by atoms with Gasteiger partial charge in [-0.2, -0.15) is 0 Å². The molecule has 0 aliphatic carbocycles. The van der Waals surface area contributed by atoms with Gasteiger partial charge in [0.25, 0.3) is 5.91 Å². The van der Waals surface area contributed by atoms with Crippen LogP contribution < -0.4 is 11.2 Å². The molecule has 0 saturated heterocycles. The number of nitrogens with two attached hydrogens (primary N) is 1. The van der Waals surface area contributed by atoms with Crippen LogP contribution in [0.3, 0.4) is 0 Å². The van der Waals surface area contributed by atoms with E-state index in [9.17, 15) is 4.79 Å². The molecule has 0 aliphatic rings. The zero-order valence-corrected chi connectivity index (χ0v) is 7.64. The van der Waals surface area contributed by atoms with E-state index in [-0.39, 0.29) is 5.91 Å². The van der Waals surface area contributed by atoms with Gasteiger partial charge in [0.2, 0.25) is 0 Å². The van der Waals surface area contributed by atoms with E-state index in [2.05, 4.69) is 5.43 Å². The van der Waals surface area contributed by atoms with Crippen LogP contribution in [0.25, 0.3) is 0 Å². The van der Waals surface area contributed by atoms with Crippen molar-refractivity contribution < 1.29 is 4.79 Å². The minimum absolute atomic E-state index is 0.148. The lowest BCUT2D eigenvalue weighted by molar-refractivity contribution is -0.129. The Bertz CT molecular complexity index is 143. The molecular formula is C7H17N3O. The molecule has 0 fully saturated rings. The van der Waals surface area contributed by atoms with Gasteiger partial charge in [0.1, 0.15) is 0 Å². The minimum atomic E-state index is -0.760. The molecular weight excluding hydrogens is 142 g/mol. The van der Waals surface area contributed by atoms with Gasteiger partial charge >= 0.3 is 0 Å². The lowest BCUT2D eigenvalue weighted by Crippen LogP contribution is -2.54. The molecule has 3 N–H and O–H groups in total. The Morgan fingerprint density at radius 2 is 2.09 bits per heavy atom. The zero-order valence-electron chi connectivity index (χ0n) is 7.64. The molecule has 0 aromatic rings. The van der Waals surface area contributed by atoms with Crippen LogP contribution in [0.1, 0.15) is 20.3 Å². The lowest BCUT2D eigenvalue weighted by atomic mass is 10.0. The smallest absolute Gasteiger partial charge is 0.254 e. The fourth-order valence-corrected chi connectivity index (χ4v) is 0.491. The molecule has 4 heteroatoms. The third-order valence-corrected chi connectivity index (χ3v) is 1.58. The van der Waals surface area contributed by atoms with Crippen molar-refractivity contribution in [3.63, 3.8) is 0 Å². The topological polar surface area (TPSA) is 58.4 Å². The first-order valence-electron chi connectivity index (χ1n) is 3.67. The Morgan fingerprint density at radius 1 is 1.64 bits per heavy atom. The number of nitrogens with zero attached hydrogens (tertiary/aromatic N) is 1. The maximum absolute atomic E-state index is 11.2. The Morgan fingerprint density at radius 3 is 2.36 bits per heavy atom. The van der Waals surface area contributed by atoms with Gasteiger partial charge in [0.05, 0.1) is 5.54 Å². The summed E-state index contributed by atoms with van der Waals surface area (Å²) in [4.78, 5) is 11.2. The second-order valence-electron chi connectivity index (χ2n) is 3.11. The molecule has 0 aromatic carbocycles. The molecule has 0 aromatic heterocycles. The van der Waals surface area contributed by atoms with Crippen LogP contribution in [0, 0.1) is 0 Å². The maximum Gasteiger partial charge on any atom is 0.254 e. The summed E-state index contributed by atoms with van der Waals surface area (Å²) in [5, 5.41) is 1.59. The molecule has 1 atom stereocenters. The number of hydrazine groups is 1. The third kappa shape index (κ3) is 3.34. The molecule has 0 saturated carbocycles. The van der Waals surface area contributed by atoms with Crippen molar-refractivity contribution in [2.45, 2.75) is 25.8 Å². The van der Waals surface area contributed by atoms with E-state index in [1.807, 2.05) is 6.92 Å². The summed E-state index contributed by atoms with van der Waals surface area (Å²) in [5.41, 5.74) is 7.51. The summed E-state index contributed by atoms with van der Waals surface area (Å²) in [6, 6.07) is 0. The highest BCUT2D eigenvalue weighted by Gasteiger charge is 2.25. The van der Waals surface area contributed by atoms with Crippen molar-refractivity contribution >= 4 is 5.91 Å². The molecule has 0 heterocycles. The number of nitrogens with one attached hydrogen (secondary N) is 1. The van der Waals surface area contributed by atoms with Gasteiger partial charge in [0, 0.05) is 14.1 Å². The highest BCUT2D eigenvalue weighted by Crippen LogP contribution is 2.03. The quantitative estimate of drug-likeness (QED) is 0.556. The average Bonchev–Trinajstić information content (AvgIpc) is 1.86. The predicted molar refractivity (Wildman–Crippen MR) is 44.7 cm³/mol. The van der Waals surface area contributed by atoms with Crippen LogP contribution in [-0.2, 0) is 4.79 Å². The standard InChI is InChI=1S/C7H17N3O/c1-5-7(2,8)6(11)9-10(3)4/h5,8H2,1-4H3,(H,9,11). The predicted octanol–water partition coefficient (Wildman–Crippen LogP) is -0.293. The van der Waals surface area contributed by atoms with E-state index in [0.29, 0.717) is 6.42 Å². The number of carbonyl (C=O) groups is 1. The molecule has 11 heavy (non-hydrogen) atoms. The number of rotatable bonds is 3. The van der Waals surface area contributed by atoms with Crippen LogP contribution >= 0.6 is 0 Å². The summed E-state index contributed by atoms with van der Waals surface area (Å²) in [6.07, 6.45) is 0.632. The van der Waals surface area contributed by atoms with Gasteiger partial charge in [0.15, 0.2) is 0 Å². The normalized spacial score (nSPS) is 16.2. The maximum atomic E-state index is 11.2. The molecule has 0 rings (SSSR count). The first kappa shape index (κ1) is 10.4. The first-order valence-corrected chi connectivity index (χ1v) is 3.67. The Labute approximate surface area is 67.7 Å². The number of hydrogen-bond donors (Lipinski definition) is 2. The number of carbonyl (C=O) groups excluding carboxylic acids is 1. The molecule has 0 spiro atoms. The monoisotopic (exact) mass is 159 g/mol. The Hall–Kier alpha value is -0.610. The Kier molecular flexibility index (Phi) is 3.48. The summed E-state index contributed by atoms with van der Waals surface area (Å²) < 4.78 is 0. The SMILES string of the molecule is CCC(C)(N)C(=O)NN(C)C. The molecule has 1 unspecified atom stereocenters. The fourth-order valence-electron chi connectivity index (χ4n) is 0.491. The summed E-state index contributed by atoms with van der Waals surface area (Å²) in [5.74, 6) is -0.148. The fraction of sp³-hybridized carbons (Fsp3) is 0.857. The van der Waals surface area contributed by atoms with Crippen LogP contribution in [0.5, 0.6) is 0 Å². The molecule has 0 radical (unpaired) electrons. The van der Waals surface area contributed by atoms with E-state index >= 15 is 0 Å². The van der Waals surface area contributed by atoms with Crippen molar-refractivity contribution in [1.29, 1.82) is 0 Å². The zero-order chi connectivity index (χ0) is 9.07. The molecule has 0 aliphatic heterocycles. The minimum Gasteiger partial charge on any atom is -0.318 e. The summed E-state index contributed by atoms with van der Waals surface area (Å²) in [7, 11) is 3.51. The van der Waals surface area contributed by atoms with Crippen LogP contribution in [0.2, 0.25) is 0 Å². The molecule has 4 nitrogen and oxygen atoms in total. The summed E-state index contributed by atoms with van der Waals surface area (Å²) >= 11 is 0. The van der Waals surface area contributed by atoms with E-state index in [0.717, 1.165) is 0 Å². The van der Waals surface area contributed by atoms with Gasteiger partial charge in [-0.25, -0.2) is 5.01 Å². The first-order chi connectivity index (χ1) is 4.90. The van der Waals surface area contributed by atoms with Crippen LogP contribution in [0.4, 0.5) is 0 Å². The van der Waals surface area contributed by atoms with Crippen molar-refractivity contribution in [3.05, 3.63) is 0 Å². The second-order valence-corrected chi connectivity index (χ2v) is 3.11. The highest BCUT2D eigenvalue weighted by molar-refractivity contribution is 5.84. The van der Waals surface area contributed by atoms with Gasteiger partial charge in [-0.1, -0.05) is 6.92 Å². The molecule has 66 valence electrons. The van der Waals surface area contributed by atoms with Gasteiger partial charge < -0.3 is 5.73 Å². The van der Waals surface area contributed by atoms with E-state index in [1.165, 1.54) is 0 Å². The van der Waals surface area contributed by atoms with Crippen LogP contribution in [0.15, 0.2) is 0 Å². The van der Waals surface area contributed by atoms with Crippen molar-refractivity contribution in [2.24, 2.45) is 5.73 Å². The largest absolute Gasteiger partial charge is 0.318 e. The second kappa shape index (κ2) is 3.69.